The standard InChI is InChI=1S/C5H12O6Si6/c1-13-5-3-2-4-10-12-15(7)17(9)16(8)14(6)11-13/h13H,2-5H2,1H3. The molecule has 0 aromatic heterocycles. The molecular formula is C5H12O6Si6. The van der Waals surface area contributed by atoms with Crippen molar-refractivity contribution in [2.45, 2.75) is 25.4 Å². The molecule has 1 rings (SSSR count). The maximum absolute atomic E-state index is 11.6. The monoisotopic (exact) mass is 336 g/mol. The largest absolute Gasteiger partial charge is 0.580 e. The summed E-state index contributed by atoms with van der Waals surface area (Å²) in [7, 11) is -12.9. The molecule has 1 saturated heterocycles. The zero-order valence-corrected chi connectivity index (χ0v) is 15.5. The molecule has 2 radical (unpaired) electrons. The predicted molar refractivity (Wildman–Crippen MR) is 65.6 cm³/mol. The maximum atomic E-state index is 11.6. The molecule has 1 unspecified atom stereocenters. The molecule has 0 aromatic rings. The lowest BCUT2D eigenvalue weighted by Gasteiger charge is -2.11. The van der Waals surface area contributed by atoms with Crippen molar-refractivity contribution in [1.29, 1.82) is 0 Å². The van der Waals surface area contributed by atoms with Crippen LogP contribution in [-0.4, -0.2) is 56.5 Å². The molecule has 0 bridgehead atoms. The van der Waals surface area contributed by atoms with E-state index in [4.69, 9.17) is 8.54 Å². The van der Waals surface area contributed by atoms with Gasteiger partial charge in [-0.05, 0) is 19.0 Å². The van der Waals surface area contributed by atoms with E-state index in [-0.39, 0.29) is 9.28 Å². The van der Waals surface area contributed by atoms with Gasteiger partial charge < -0.3 is 26.4 Å². The Hall–Kier alpha value is 0.261. The van der Waals surface area contributed by atoms with Crippen molar-refractivity contribution in [3.63, 3.8) is 0 Å². The molecule has 0 aliphatic carbocycles. The van der Waals surface area contributed by atoms with E-state index in [2.05, 4.69) is 0 Å². The van der Waals surface area contributed by atoms with Crippen molar-refractivity contribution in [2.75, 3.05) is 6.61 Å². The Kier molecular flexibility index (Phi) is 6.89. The van der Waals surface area contributed by atoms with Crippen LogP contribution >= 0.6 is 0 Å². The molecule has 0 N–H and O–H groups in total. The molecule has 1 atom stereocenters. The molecule has 1 fully saturated rings. The fourth-order valence-electron chi connectivity index (χ4n) is 1.26. The summed E-state index contributed by atoms with van der Waals surface area (Å²) in [5, 5.41) is 0. The maximum Gasteiger partial charge on any atom is 0.532 e. The molecule has 0 saturated carbocycles. The molecule has 6 nitrogen and oxygen atoms in total. The van der Waals surface area contributed by atoms with Crippen LogP contribution in [0.5, 0.6) is 0 Å². The van der Waals surface area contributed by atoms with Crippen LogP contribution < -0.4 is 0 Å². The van der Waals surface area contributed by atoms with E-state index in [1.54, 1.807) is 0 Å². The van der Waals surface area contributed by atoms with Crippen LogP contribution in [0.2, 0.25) is 12.6 Å². The fraction of sp³-hybridized carbons (Fsp3) is 1.00. The van der Waals surface area contributed by atoms with Gasteiger partial charge in [-0.25, -0.2) is 0 Å². The smallest absolute Gasteiger partial charge is 0.532 e. The van der Waals surface area contributed by atoms with Gasteiger partial charge in [-0.2, -0.15) is 0 Å². The summed E-state index contributed by atoms with van der Waals surface area (Å²) in [5.41, 5.74) is 0. The lowest BCUT2D eigenvalue weighted by Crippen LogP contribution is -2.44. The molecule has 0 aromatic carbocycles. The minimum absolute atomic E-state index is 0.361. The van der Waals surface area contributed by atoms with Crippen molar-refractivity contribution in [2.24, 2.45) is 0 Å². The summed E-state index contributed by atoms with van der Waals surface area (Å²) in [5.74, 6) is 0. The van der Waals surface area contributed by atoms with E-state index in [1.807, 2.05) is 6.55 Å². The predicted octanol–water partition coefficient (Wildman–Crippen LogP) is -1.30. The van der Waals surface area contributed by atoms with Crippen LogP contribution in [0.1, 0.15) is 12.8 Å². The summed E-state index contributed by atoms with van der Waals surface area (Å²) >= 11 is 0. The lowest BCUT2D eigenvalue weighted by molar-refractivity contribution is 0.332. The van der Waals surface area contributed by atoms with Gasteiger partial charge in [0.15, 0.2) is 0 Å². The Morgan fingerprint density at radius 1 is 1.12 bits per heavy atom. The minimum Gasteiger partial charge on any atom is -0.580 e. The number of rotatable bonds is 0. The molecule has 17 heavy (non-hydrogen) atoms. The van der Waals surface area contributed by atoms with Crippen LogP contribution in [0.25, 0.3) is 0 Å². The average molecular weight is 337 g/mol. The van der Waals surface area contributed by atoms with Gasteiger partial charge in [-0.1, -0.05) is 6.42 Å². The van der Waals surface area contributed by atoms with E-state index >= 15 is 0 Å². The van der Waals surface area contributed by atoms with Crippen LogP contribution in [0, 0.1) is 0 Å². The third-order valence-corrected chi connectivity index (χ3v) is 28.7. The van der Waals surface area contributed by atoms with Crippen LogP contribution in [0.4, 0.5) is 0 Å². The van der Waals surface area contributed by atoms with Crippen LogP contribution in [0.3, 0.4) is 0 Å². The van der Waals surface area contributed by atoms with Crippen LogP contribution in [-0.2, 0) is 26.4 Å². The third-order valence-electron chi connectivity index (χ3n) is 2.18. The first-order chi connectivity index (χ1) is 8.02. The highest BCUT2D eigenvalue weighted by atomic mass is 29.9. The molecule has 1 heterocycles. The highest BCUT2D eigenvalue weighted by Crippen LogP contribution is 2.04. The van der Waals surface area contributed by atoms with Crippen LogP contribution in [0.15, 0.2) is 0 Å². The Morgan fingerprint density at radius 3 is 2.53 bits per heavy atom. The molecule has 1 aliphatic rings. The molecular weight excluding hydrogens is 325 g/mol. The Labute approximate surface area is 108 Å². The first-order valence-electron chi connectivity index (χ1n) is 5.23. The zero-order chi connectivity index (χ0) is 12.8. The van der Waals surface area contributed by atoms with Gasteiger partial charge >= 0.3 is 31.6 Å². The molecule has 92 valence electrons. The molecule has 12 heteroatoms. The lowest BCUT2D eigenvalue weighted by atomic mass is 10.4. The molecule has 0 spiro atoms. The average Bonchev–Trinajstić information content (AvgIpc) is 2.30. The second-order valence-electron chi connectivity index (χ2n) is 3.65. The van der Waals surface area contributed by atoms with E-state index in [0.717, 1.165) is 18.9 Å². The fourth-order valence-corrected chi connectivity index (χ4v) is 30.5. The highest BCUT2D eigenvalue weighted by Gasteiger charge is 2.40. The van der Waals surface area contributed by atoms with Gasteiger partial charge in [0, 0.05) is 6.61 Å². The zero-order valence-electron chi connectivity index (χ0n) is 9.36. The van der Waals surface area contributed by atoms with Crippen molar-refractivity contribution in [3.05, 3.63) is 0 Å². The van der Waals surface area contributed by atoms with E-state index in [9.17, 15) is 17.8 Å². The summed E-state index contributed by atoms with van der Waals surface area (Å²) in [6.07, 6.45) is 1.74. The number of hydrogen-bond acceptors (Lipinski definition) is 6. The third kappa shape index (κ3) is 5.18. The van der Waals surface area contributed by atoms with E-state index < -0.39 is 40.6 Å². The molecule has 1 aliphatic heterocycles. The van der Waals surface area contributed by atoms with Gasteiger partial charge in [-0.15, -0.1) is 0 Å². The van der Waals surface area contributed by atoms with Gasteiger partial charge in [0.2, 0.25) is 9.04 Å². The van der Waals surface area contributed by atoms with Gasteiger partial charge in [0.25, 0.3) is 9.28 Å². The van der Waals surface area contributed by atoms with Gasteiger partial charge in [-0.3, -0.25) is 0 Å². The quantitative estimate of drug-likeness (QED) is 0.511. The van der Waals surface area contributed by atoms with Crippen molar-refractivity contribution < 1.29 is 26.4 Å². The minimum atomic E-state index is -2.84. The Balaban J connectivity index is 2.72. The van der Waals surface area contributed by atoms with E-state index in [0.29, 0.717) is 6.61 Å². The summed E-state index contributed by atoms with van der Waals surface area (Å²) in [6, 6.07) is 0.841. The number of hydrogen-bond donors (Lipinski definition) is 0. The first-order valence-corrected chi connectivity index (χ1v) is 18.1. The van der Waals surface area contributed by atoms with Gasteiger partial charge in [0.05, 0.1) is 0 Å². The summed E-state index contributed by atoms with van der Waals surface area (Å²) in [4.78, 5) is 0. The SMILES string of the molecule is C[SiH]1CCCCO[Si][Si](=O)[Si](=O)[Si](=O)[Si](=O)O1. The first kappa shape index (κ1) is 15.3. The van der Waals surface area contributed by atoms with E-state index in [1.165, 1.54) is 0 Å². The topological polar surface area (TPSA) is 86.7 Å². The normalized spacial score (nSPS) is 24.9. The Bertz CT molecular complexity index is 357. The summed E-state index contributed by atoms with van der Waals surface area (Å²) < 4.78 is 56.8. The van der Waals surface area contributed by atoms with Crippen molar-refractivity contribution in [3.8, 4) is 0 Å². The van der Waals surface area contributed by atoms with Crippen molar-refractivity contribution in [1.82, 2.24) is 0 Å². The second-order valence-corrected chi connectivity index (χ2v) is 24.3. The Morgan fingerprint density at radius 2 is 1.82 bits per heavy atom. The highest BCUT2D eigenvalue weighted by molar-refractivity contribution is 7.59. The van der Waals surface area contributed by atoms with Crippen molar-refractivity contribution >= 4 is 49.9 Å². The summed E-state index contributed by atoms with van der Waals surface area (Å²) in [6.45, 7) is 2.37. The molecule has 0 amide bonds. The van der Waals surface area contributed by atoms with Gasteiger partial charge in [0.1, 0.15) is 0 Å². The second kappa shape index (κ2) is 7.64.